The van der Waals surface area contributed by atoms with Gasteiger partial charge in [-0.2, -0.15) is 0 Å². The van der Waals surface area contributed by atoms with Crippen LogP contribution in [0, 0.1) is 0 Å². The van der Waals surface area contributed by atoms with E-state index in [-0.39, 0.29) is 19.1 Å². The highest BCUT2D eigenvalue weighted by Gasteiger charge is 2.24. The van der Waals surface area contributed by atoms with Gasteiger partial charge in [0.2, 0.25) is 5.91 Å². The summed E-state index contributed by atoms with van der Waals surface area (Å²) < 4.78 is 5.29. The maximum Gasteiger partial charge on any atom is 0.408 e. The summed E-state index contributed by atoms with van der Waals surface area (Å²) in [4.78, 5) is 25.4. The molecule has 0 aliphatic carbocycles. The van der Waals surface area contributed by atoms with Crippen LogP contribution in [0.4, 0.5) is 4.79 Å². The molecule has 0 bridgehead atoms. The predicted octanol–water partition coefficient (Wildman–Crippen LogP) is 3.24. The average molecular weight is 433 g/mol. The first-order valence-corrected chi connectivity index (χ1v) is 10.6. The van der Waals surface area contributed by atoms with Crippen LogP contribution in [0.25, 0.3) is 0 Å². The SMILES string of the molecule is O=C(N[C@@H](Cc1ccccc1)C(=O)N[C@@H](CO)Cc1ccccc1)OCc1ccccc1. The minimum absolute atomic E-state index is 0.111. The highest BCUT2D eigenvalue weighted by molar-refractivity contribution is 5.86. The van der Waals surface area contributed by atoms with Crippen LogP contribution >= 0.6 is 0 Å². The van der Waals surface area contributed by atoms with Crippen LogP contribution in [0.2, 0.25) is 0 Å². The average Bonchev–Trinajstić information content (AvgIpc) is 2.84. The first-order chi connectivity index (χ1) is 15.6. The van der Waals surface area contributed by atoms with Gasteiger partial charge < -0.3 is 20.5 Å². The molecular weight excluding hydrogens is 404 g/mol. The quantitative estimate of drug-likeness (QED) is 0.459. The van der Waals surface area contributed by atoms with E-state index in [2.05, 4.69) is 10.6 Å². The van der Waals surface area contributed by atoms with Gasteiger partial charge in [-0.1, -0.05) is 91.0 Å². The Morgan fingerprint density at radius 1 is 0.719 bits per heavy atom. The summed E-state index contributed by atoms with van der Waals surface area (Å²) in [5.41, 5.74) is 2.76. The van der Waals surface area contributed by atoms with E-state index >= 15 is 0 Å². The van der Waals surface area contributed by atoms with Crippen molar-refractivity contribution < 1.29 is 19.4 Å². The van der Waals surface area contributed by atoms with Gasteiger partial charge in [0.05, 0.1) is 12.6 Å². The molecule has 0 saturated heterocycles. The Hall–Kier alpha value is -3.64. The van der Waals surface area contributed by atoms with Crippen molar-refractivity contribution in [1.82, 2.24) is 10.6 Å². The molecule has 3 rings (SSSR count). The Bertz CT molecular complexity index is 965. The summed E-state index contributed by atoms with van der Waals surface area (Å²) in [6.07, 6.45) is 0.115. The van der Waals surface area contributed by atoms with E-state index in [4.69, 9.17) is 4.74 Å². The van der Waals surface area contributed by atoms with Crippen LogP contribution in [0.1, 0.15) is 16.7 Å². The van der Waals surface area contributed by atoms with Crippen molar-refractivity contribution in [3.05, 3.63) is 108 Å². The lowest BCUT2D eigenvalue weighted by molar-refractivity contribution is -0.124. The molecule has 0 saturated carbocycles. The second-order valence-corrected chi connectivity index (χ2v) is 7.53. The minimum atomic E-state index is -0.842. The number of hydrogen-bond acceptors (Lipinski definition) is 4. The molecule has 0 spiro atoms. The largest absolute Gasteiger partial charge is 0.445 e. The lowest BCUT2D eigenvalue weighted by atomic mass is 10.0. The van der Waals surface area contributed by atoms with Crippen molar-refractivity contribution in [2.45, 2.75) is 31.5 Å². The molecule has 2 atom stereocenters. The monoisotopic (exact) mass is 432 g/mol. The van der Waals surface area contributed by atoms with Gasteiger partial charge >= 0.3 is 6.09 Å². The van der Waals surface area contributed by atoms with Crippen LogP contribution in [0.3, 0.4) is 0 Å². The fraction of sp³-hybridized carbons (Fsp3) is 0.231. The van der Waals surface area contributed by atoms with E-state index in [1.807, 2.05) is 91.0 Å². The van der Waals surface area contributed by atoms with Gasteiger partial charge in [-0.25, -0.2) is 4.79 Å². The normalized spacial score (nSPS) is 12.4. The summed E-state index contributed by atoms with van der Waals surface area (Å²) >= 11 is 0. The van der Waals surface area contributed by atoms with E-state index < -0.39 is 18.2 Å². The molecule has 0 aliphatic rings. The molecule has 0 fully saturated rings. The maximum absolute atomic E-state index is 13.0. The Kier molecular flexibility index (Phi) is 8.83. The number of ether oxygens (including phenoxy) is 1. The third-order valence-corrected chi connectivity index (χ3v) is 5.00. The number of aliphatic hydroxyl groups excluding tert-OH is 1. The summed E-state index contributed by atoms with van der Waals surface area (Å²) in [5, 5.41) is 15.3. The molecule has 2 amide bonds. The zero-order chi connectivity index (χ0) is 22.6. The number of carbonyl (C=O) groups excluding carboxylic acids is 2. The first-order valence-electron chi connectivity index (χ1n) is 10.6. The molecule has 6 heteroatoms. The topological polar surface area (TPSA) is 87.7 Å². The summed E-state index contributed by atoms with van der Waals surface area (Å²) in [6, 6.07) is 27.1. The summed E-state index contributed by atoms with van der Waals surface area (Å²) in [7, 11) is 0. The van der Waals surface area contributed by atoms with Gasteiger partial charge in [0.25, 0.3) is 0 Å². The molecule has 32 heavy (non-hydrogen) atoms. The Morgan fingerprint density at radius 2 is 1.22 bits per heavy atom. The number of amides is 2. The molecule has 0 aromatic heterocycles. The van der Waals surface area contributed by atoms with Crippen molar-refractivity contribution in [2.75, 3.05) is 6.61 Å². The van der Waals surface area contributed by atoms with Crippen LogP contribution < -0.4 is 10.6 Å². The van der Waals surface area contributed by atoms with E-state index in [9.17, 15) is 14.7 Å². The van der Waals surface area contributed by atoms with Gasteiger partial charge in [-0.05, 0) is 23.1 Å². The molecule has 0 unspecified atom stereocenters. The standard InChI is InChI=1S/C26H28N2O4/c29-18-23(16-20-10-4-1-5-11-20)27-25(30)24(17-21-12-6-2-7-13-21)28-26(31)32-19-22-14-8-3-9-15-22/h1-15,23-24,29H,16-19H2,(H,27,30)(H,28,31)/t23-,24+/m1/s1. The lowest BCUT2D eigenvalue weighted by Crippen LogP contribution is -2.52. The zero-order valence-corrected chi connectivity index (χ0v) is 17.8. The van der Waals surface area contributed by atoms with Gasteiger partial charge in [0.1, 0.15) is 12.6 Å². The van der Waals surface area contributed by atoms with E-state index in [1.165, 1.54) is 0 Å². The van der Waals surface area contributed by atoms with E-state index in [0.717, 1.165) is 16.7 Å². The van der Waals surface area contributed by atoms with E-state index in [1.54, 1.807) is 0 Å². The molecule has 166 valence electrons. The number of benzene rings is 3. The molecule has 3 aromatic rings. The first kappa shape index (κ1) is 23.0. The molecule has 6 nitrogen and oxygen atoms in total. The Balaban J connectivity index is 1.63. The second-order valence-electron chi connectivity index (χ2n) is 7.53. The summed E-state index contributed by atoms with van der Waals surface area (Å²) in [6.45, 7) is -0.100. The van der Waals surface area contributed by atoms with Gasteiger partial charge in [0.15, 0.2) is 0 Å². The van der Waals surface area contributed by atoms with Crippen LogP contribution in [-0.2, 0) is 29.0 Å². The molecule has 3 aromatic carbocycles. The second kappa shape index (κ2) is 12.3. The van der Waals surface area contributed by atoms with Crippen molar-refractivity contribution in [2.24, 2.45) is 0 Å². The predicted molar refractivity (Wildman–Crippen MR) is 123 cm³/mol. The molecule has 3 N–H and O–H groups in total. The molecular formula is C26H28N2O4. The van der Waals surface area contributed by atoms with Crippen LogP contribution in [-0.4, -0.2) is 35.8 Å². The van der Waals surface area contributed by atoms with Gasteiger partial charge in [-0.15, -0.1) is 0 Å². The number of aliphatic hydroxyl groups is 1. The number of alkyl carbamates (subject to hydrolysis) is 1. The van der Waals surface area contributed by atoms with Crippen LogP contribution in [0.5, 0.6) is 0 Å². The molecule has 0 aliphatic heterocycles. The van der Waals surface area contributed by atoms with Crippen molar-refractivity contribution in [3.8, 4) is 0 Å². The molecule has 0 heterocycles. The highest BCUT2D eigenvalue weighted by atomic mass is 16.5. The zero-order valence-electron chi connectivity index (χ0n) is 17.8. The third kappa shape index (κ3) is 7.56. The number of rotatable bonds is 10. The van der Waals surface area contributed by atoms with Gasteiger partial charge in [-0.3, -0.25) is 4.79 Å². The van der Waals surface area contributed by atoms with Crippen molar-refractivity contribution in [3.63, 3.8) is 0 Å². The third-order valence-electron chi connectivity index (χ3n) is 5.00. The highest BCUT2D eigenvalue weighted by Crippen LogP contribution is 2.07. The number of hydrogen-bond donors (Lipinski definition) is 3. The van der Waals surface area contributed by atoms with Crippen LogP contribution in [0.15, 0.2) is 91.0 Å². The smallest absolute Gasteiger partial charge is 0.408 e. The van der Waals surface area contributed by atoms with Crippen molar-refractivity contribution in [1.29, 1.82) is 0 Å². The fourth-order valence-electron chi connectivity index (χ4n) is 3.33. The van der Waals surface area contributed by atoms with Crippen molar-refractivity contribution >= 4 is 12.0 Å². The minimum Gasteiger partial charge on any atom is -0.445 e. The summed E-state index contributed by atoms with van der Waals surface area (Å²) in [5.74, 6) is -0.375. The Labute approximate surface area is 188 Å². The number of nitrogens with one attached hydrogen (secondary N) is 2. The number of carbonyl (C=O) groups is 2. The lowest BCUT2D eigenvalue weighted by Gasteiger charge is -2.22. The van der Waals surface area contributed by atoms with Gasteiger partial charge in [0, 0.05) is 6.42 Å². The molecule has 0 radical (unpaired) electrons. The fourth-order valence-corrected chi connectivity index (χ4v) is 3.33. The maximum atomic E-state index is 13.0. The van der Waals surface area contributed by atoms with E-state index in [0.29, 0.717) is 12.8 Å². The Morgan fingerprint density at radius 3 is 1.75 bits per heavy atom.